The second-order valence-electron chi connectivity index (χ2n) is 4.16. The minimum Gasteiger partial charge on any atom is -0.508 e. The molecule has 2 N–H and O–H groups in total. The summed E-state index contributed by atoms with van der Waals surface area (Å²) >= 11 is 0. The molecule has 0 fully saturated rings. The van der Waals surface area contributed by atoms with Crippen molar-refractivity contribution in [1.82, 2.24) is 0 Å². The molecule has 0 heterocycles. The summed E-state index contributed by atoms with van der Waals surface area (Å²) in [5.41, 5.74) is 1.18. The highest BCUT2D eigenvalue weighted by Crippen LogP contribution is 2.29. The van der Waals surface area contributed by atoms with Gasteiger partial charge in [-0.05, 0) is 29.8 Å². The Bertz CT molecular complexity index is 628. The number of aromatic hydroxyl groups is 1. The maximum absolute atomic E-state index is 11.0. The van der Waals surface area contributed by atoms with E-state index in [0.717, 1.165) is 5.56 Å². The molecular formula is C14H14N2O4. The summed E-state index contributed by atoms with van der Waals surface area (Å²) in [5.74, 6) is 0.591. The first kappa shape index (κ1) is 13.7. The predicted octanol–water partition coefficient (Wildman–Crippen LogP) is 2.92. The van der Waals surface area contributed by atoms with Gasteiger partial charge in [0, 0.05) is 6.54 Å². The molecule has 0 saturated carbocycles. The SMILES string of the molecule is COc1ccc(NCc2cccc(O)c2)c([N+](=O)[O-])c1. The van der Waals surface area contributed by atoms with Gasteiger partial charge >= 0.3 is 0 Å². The summed E-state index contributed by atoms with van der Waals surface area (Å²) in [6.45, 7) is 0.377. The van der Waals surface area contributed by atoms with Crippen LogP contribution in [-0.4, -0.2) is 17.1 Å². The first-order valence-electron chi connectivity index (χ1n) is 5.94. The minimum absolute atomic E-state index is 0.0514. The highest BCUT2D eigenvalue weighted by atomic mass is 16.6. The standard InChI is InChI=1S/C14H14N2O4/c1-20-12-5-6-13(14(8-12)16(18)19)15-9-10-3-2-4-11(17)7-10/h2-8,15,17H,9H2,1H3. The summed E-state index contributed by atoms with van der Waals surface area (Å²) in [4.78, 5) is 10.6. The van der Waals surface area contributed by atoms with E-state index < -0.39 is 4.92 Å². The van der Waals surface area contributed by atoms with Crippen LogP contribution < -0.4 is 10.1 Å². The van der Waals surface area contributed by atoms with Gasteiger partial charge in [-0.15, -0.1) is 0 Å². The number of nitro groups is 1. The second kappa shape index (κ2) is 5.92. The molecule has 0 aliphatic carbocycles. The van der Waals surface area contributed by atoms with Crippen molar-refractivity contribution in [3.05, 3.63) is 58.1 Å². The molecule has 0 spiro atoms. The Morgan fingerprint density at radius 1 is 1.30 bits per heavy atom. The van der Waals surface area contributed by atoms with Gasteiger partial charge in [-0.2, -0.15) is 0 Å². The number of phenolic OH excluding ortho intramolecular Hbond substituents is 1. The lowest BCUT2D eigenvalue weighted by Gasteiger charge is -2.08. The summed E-state index contributed by atoms with van der Waals surface area (Å²) in [5, 5.41) is 23.4. The number of benzene rings is 2. The van der Waals surface area contributed by atoms with Crippen LogP contribution in [0.15, 0.2) is 42.5 Å². The van der Waals surface area contributed by atoms with Crippen molar-refractivity contribution in [3.8, 4) is 11.5 Å². The molecule has 0 atom stereocenters. The molecule has 0 aliphatic rings. The van der Waals surface area contributed by atoms with E-state index in [9.17, 15) is 15.2 Å². The van der Waals surface area contributed by atoms with Crippen molar-refractivity contribution in [2.45, 2.75) is 6.54 Å². The normalized spacial score (nSPS) is 10.1. The summed E-state index contributed by atoms with van der Waals surface area (Å²) < 4.78 is 4.97. The number of hydrogen-bond donors (Lipinski definition) is 2. The number of nitrogens with zero attached hydrogens (tertiary/aromatic N) is 1. The van der Waals surface area contributed by atoms with Gasteiger partial charge < -0.3 is 15.2 Å². The molecule has 0 unspecified atom stereocenters. The number of ether oxygens (including phenoxy) is 1. The average molecular weight is 274 g/mol. The van der Waals surface area contributed by atoms with Crippen molar-refractivity contribution in [1.29, 1.82) is 0 Å². The summed E-state index contributed by atoms with van der Waals surface area (Å²) in [6.07, 6.45) is 0. The largest absolute Gasteiger partial charge is 0.508 e. The zero-order valence-corrected chi connectivity index (χ0v) is 10.9. The van der Waals surface area contributed by atoms with E-state index in [2.05, 4.69) is 5.32 Å². The van der Waals surface area contributed by atoms with E-state index in [0.29, 0.717) is 18.0 Å². The van der Waals surface area contributed by atoms with Gasteiger partial charge in [0.25, 0.3) is 5.69 Å². The van der Waals surface area contributed by atoms with Gasteiger partial charge in [0.05, 0.1) is 18.1 Å². The quantitative estimate of drug-likeness (QED) is 0.646. The molecule has 0 saturated heterocycles. The van der Waals surface area contributed by atoms with Gasteiger partial charge in [-0.3, -0.25) is 10.1 Å². The first-order valence-corrected chi connectivity index (χ1v) is 5.94. The Morgan fingerprint density at radius 3 is 2.75 bits per heavy atom. The number of anilines is 1. The topological polar surface area (TPSA) is 84.6 Å². The fourth-order valence-electron chi connectivity index (χ4n) is 1.80. The van der Waals surface area contributed by atoms with Gasteiger partial charge in [-0.25, -0.2) is 0 Å². The molecule has 0 aromatic heterocycles. The predicted molar refractivity (Wildman–Crippen MR) is 75.1 cm³/mol. The third kappa shape index (κ3) is 3.17. The van der Waals surface area contributed by atoms with Crippen LogP contribution in [-0.2, 0) is 6.54 Å². The zero-order valence-electron chi connectivity index (χ0n) is 10.9. The first-order chi connectivity index (χ1) is 9.60. The van der Waals surface area contributed by atoms with Crippen molar-refractivity contribution in [2.24, 2.45) is 0 Å². The zero-order chi connectivity index (χ0) is 14.5. The van der Waals surface area contributed by atoms with E-state index in [4.69, 9.17) is 4.74 Å². The van der Waals surface area contributed by atoms with Crippen LogP contribution in [0.4, 0.5) is 11.4 Å². The second-order valence-corrected chi connectivity index (χ2v) is 4.16. The van der Waals surface area contributed by atoms with Gasteiger partial charge in [0.2, 0.25) is 0 Å². The number of phenols is 1. The van der Waals surface area contributed by atoms with Crippen LogP contribution in [0.2, 0.25) is 0 Å². The van der Waals surface area contributed by atoms with E-state index in [1.54, 1.807) is 30.3 Å². The molecule has 6 heteroatoms. The van der Waals surface area contributed by atoms with Crippen LogP contribution in [0.5, 0.6) is 11.5 Å². The molecule has 2 aromatic rings. The fraction of sp³-hybridized carbons (Fsp3) is 0.143. The maximum Gasteiger partial charge on any atom is 0.296 e. The lowest BCUT2D eigenvalue weighted by atomic mass is 10.2. The van der Waals surface area contributed by atoms with Crippen LogP contribution in [0.1, 0.15) is 5.56 Å². The molecule has 104 valence electrons. The van der Waals surface area contributed by atoms with Crippen molar-refractivity contribution >= 4 is 11.4 Å². The number of nitrogens with one attached hydrogen (secondary N) is 1. The van der Waals surface area contributed by atoms with E-state index >= 15 is 0 Å². The lowest BCUT2D eigenvalue weighted by molar-refractivity contribution is -0.384. The van der Waals surface area contributed by atoms with Crippen LogP contribution in [0, 0.1) is 10.1 Å². The van der Waals surface area contributed by atoms with Crippen LogP contribution in [0.3, 0.4) is 0 Å². The van der Waals surface area contributed by atoms with E-state index in [1.165, 1.54) is 13.2 Å². The van der Waals surface area contributed by atoms with Crippen molar-refractivity contribution < 1.29 is 14.8 Å². The van der Waals surface area contributed by atoms with Crippen molar-refractivity contribution in [3.63, 3.8) is 0 Å². The monoisotopic (exact) mass is 274 g/mol. The Balaban J connectivity index is 2.18. The highest BCUT2D eigenvalue weighted by Gasteiger charge is 2.14. The number of nitro benzene ring substituents is 1. The molecule has 6 nitrogen and oxygen atoms in total. The Hall–Kier alpha value is -2.76. The maximum atomic E-state index is 11.0. The average Bonchev–Trinajstić information content (AvgIpc) is 2.45. The number of methoxy groups -OCH3 is 1. The van der Waals surface area contributed by atoms with Gasteiger partial charge in [0.1, 0.15) is 17.2 Å². The summed E-state index contributed by atoms with van der Waals surface area (Å²) in [6, 6.07) is 11.3. The Morgan fingerprint density at radius 2 is 2.10 bits per heavy atom. The van der Waals surface area contributed by atoms with Gasteiger partial charge in [-0.1, -0.05) is 12.1 Å². The number of rotatable bonds is 5. The molecule has 0 radical (unpaired) electrons. The number of hydrogen-bond acceptors (Lipinski definition) is 5. The van der Waals surface area contributed by atoms with E-state index in [-0.39, 0.29) is 11.4 Å². The van der Waals surface area contributed by atoms with Gasteiger partial charge in [0.15, 0.2) is 0 Å². The molecular weight excluding hydrogens is 260 g/mol. The Kier molecular flexibility index (Phi) is 4.05. The highest BCUT2D eigenvalue weighted by molar-refractivity contribution is 5.64. The molecule has 0 amide bonds. The lowest BCUT2D eigenvalue weighted by Crippen LogP contribution is -2.02. The molecule has 0 bridgehead atoms. The fourth-order valence-corrected chi connectivity index (χ4v) is 1.80. The summed E-state index contributed by atoms with van der Waals surface area (Å²) in [7, 11) is 1.46. The third-order valence-corrected chi connectivity index (χ3v) is 2.80. The molecule has 0 aliphatic heterocycles. The molecule has 20 heavy (non-hydrogen) atoms. The third-order valence-electron chi connectivity index (χ3n) is 2.80. The molecule has 2 rings (SSSR count). The minimum atomic E-state index is -0.465. The Labute approximate surface area is 115 Å². The van der Waals surface area contributed by atoms with Crippen LogP contribution in [0.25, 0.3) is 0 Å². The van der Waals surface area contributed by atoms with E-state index in [1.807, 2.05) is 6.07 Å². The van der Waals surface area contributed by atoms with Crippen molar-refractivity contribution in [2.75, 3.05) is 12.4 Å². The van der Waals surface area contributed by atoms with Crippen LogP contribution >= 0.6 is 0 Å². The smallest absolute Gasteiger partial charge is 0.296 e. The molecule has 2 aromatic carbocycles.